The highest BCUT2D eigenvalue weighted by molar-refractivity contribution is 5.52. The van der Waals surface area contributed by atoms with Crippen molar-refractivity contribution in [3.8, 4) is 5.75 Å². The first-order chi connectivity index (χ1) is 10.9. The molecule has 2 aromatic carbocycles. The van der Waals surface area contributed by atoms with Gasteiger partial charge in [0.1, 0.15) is 5.75 Å². The molecule has 0 atom stereocenters. The minimum absolute atomic E-state index is 0.914. The Labute approximate surface area is 134 Å². The van der Waals surface area contributed by atoms with Crippen LogP contribution < -0.4 is 14.5 Å². The molecule has 3 nitrogen and oxygen atoms in total. The molecule has 1 aliphatic heterocycles. The monoisotopic (exact) mass is 298 g/mol. The summed E-state index contributed by atoms with van der Waals surface area (Å²) in [5, 5.41) is 0. The molecule has 0 amide bonds. The van der Waals surface area contributed by atoms with Crippen molar-refractivity contribution in [2.75, 3.05) is 43.1 Å². The van der Waals surface area contributed by atoms with E-state index in [1.54, 1.807) is 7.11 Å². The zero-order valence-electron chi connectivity index (χ0n) is 13.8. The van der Waals surface area contributed by atoms with E-state index in [1.165, 1.54) is 11.4 Å². The van der Waals surface area contributed by atoms with Crippen molar-refractivity contribution < 1.29 is 4.74 Å². The summed E-state index contributed by atoms with van der Waals surface area (Å²) >= 11 is 0. The normalized spacial score (nSPS) is 14.1. The smallest absolute Gasteiger partial charge is 0.119 e. The quantitative estimate of drug-likeness (QED) is 0.850. The second-order valence-electron chi connectivity index (χ2n) is 5.01. The molecule has 22 heavy (non-hydrogen) atoms. The predicted molar refractivity (Wildman–Crippen MR) is 95.2 cm³/mol. The number of methoxy groups -OCH3 is 1. The van der Waals surface area contributed by atoms with Crippen LogP contribution in [-0.2, 0) is 0 Å². The summed E-state index contributed by atoms with van der Waals surface area (Å²) in [5.74, 6) is 0.914. The fourth-order valence-electron chi connectivity index (χ4n) is 2.65. The van der Waals surface area contributed by atoms with Crippen LogP contribution >= 0.6 is 0 Å². The molecule has 1 fully saturated rings. The SMILES string of the molecule is CC.COc1ccc(N2CCN(c3ccccc3)CC2)cc1. The number of hydrogen-bond acceptors (Lipinski definition) is 3. The fourth-order valence-corrected chi connectivity index (χ4v) is 2.65. The summed E-state index contributed by atoms with van der Waals surface area (Å²) in [5.41, 5.74) is 2.60. The molecule has 2 aromatic rings. The van der Waals surface area contributed by atoms with E-state index in [0.29, 0.717) is 0 Å². The third-order valence-corrected chi connectivity index (χ3v) is 3.84. The Balaban J connectivity index is 0.000000847. The van der Waals surface area contributed by atoms with Gasteiger partial charge in [-0.2, -0.15) is 0 Å². The molecule has 3 rings (SSSR count). The molecular weight excluding hydrogens is 272 g/mol. The van der Waals surface area contributed by atoms with Crippen molar-refractivity contribution in [1.82, 2.24) is 0 Å². The lowest BCUT2D eigenvalue weighted by atomic mass is 10.2. The van der Waals surface area contributed by atoms with Crippen LogP contribution in [0.1, 0.15) is 13.8 Å². The molecule has 118 valence electrons. The minimum atomic E-state index is 0.914. The lowest BCUT2D eigenvalue weighted by Crippen LogP contribution is -2.46. The maximum absolute atomic E-state index is 5.20. The molecule has 0 spiro atoms. The number of hydrogen-bond donors (Lipinski definition) is 0. The van der Waals surface area contributed by atoms with E-state index >= 15 is 0 Å². The zero-order valence-corrected chi connectivity index (χ0v) is 13.8. The zero-order chi connectivity index (χ0) is 15.8. The predicted octanol–water partition coefficient (Wildman–Crippen LogP) is 4.05. The van der Waals surface area contributed by atoms with Crippen molar-refractivity contribution in [2.45, 2.75) is 13.8 Å². The van der Waals surface area contributed by atoms with Gasteiger partial charge in [-0.15, -0.1) is 0 Å². The second-order valence-corrected chi connectivity index (χ2v) is 5.01. The summed E-state index contributed by atoms with van der Waals surface area (Å²) in [6.45, 7) is 8.24. The van der Waals surface area contributed by atoms with Gasteiger partial charge in [-0.1, -0.05) is 32.0 Å². The van der Waals surface area contributed by atoms with Gasteiger partial charge in [0.2, 0.25) is 0 Å². The van der Waals surface area contributed by atoms with Gasteiger partial charge in [0.15, 0.2) is 0 Å². The number of para-hydroxylation sites is 1. The van der Waals surface area contributed by atoms with Crippen LogP contribution in [0.3, 0.4) is 0 Å². The Morgan fingerprint density at radius 2 is 1.14 bits per heavy atom. The van der Waals surface area contributed by atoms with Crippen LogP contribution in [0.4, 0.5) is 11.4 Å². The Morgan fingerprint density at radius 1 is 0.682 bits per heavy atom. The average molecular weight is 298 g/mol. The summed E-state index contributed by atoms with van der Waals surface area (Å²) in [6.07, 6.45) is 0. The van der Waals surface area contributed by atoms with Gasteiger partial charge >= 0.3 is 0 Å². The minimum Gasteiger partial charge on any atom is -0.497 e. The largest absolute Gasteiger partial charge is 0.497 e. The van der Waals surface area contributed by atoms with E-state index in [9.17, 15) is 0 Å². The van der Waals surface area contributed by atoms with Crippen LogP contribution in [0.25, 0.3) is 0 Å². The van der Waals surface area contributed by atoms with Gasteiger partial charge in [0.05, 0.1) is 7.11 Å². The Bertz CT molecular complexity index is 531. The van der Waals surface area contributed by atoms with E-state index in [-0.39, 0.29) is 0 Å². The van der Waals surface area contributed by atoms with Crippen LogP contribution in [0.15, 0.2) is 54.6 Å². The molecule has 0 aliphatic carbocycles. The van der Waals surface area contributed by atoms with E-state index in [2.05, 4.69) is 52.3 Å². The highest BCUT2D eigenvalue weighted by Gasteiger charge is 2.17. The maximum Gasteiger partial charge on any atom is 0.119 e. The third kappa shape index (κ3) is 3.94. The van der Waals surface area contributed by atoms with Gasteiger partial charge in [0, 0.05) is 37.6 Å². The average Bonchev–Trinajstić information content (AvgIpc) is 2.64. The summed E-state index contributed by atoms with van der Waals surface area (Å²) in [6, 6.07) is 19.0. The van der Waals surface area contributed by atoms with Gasteiger partial charge < -0.3 is 14.5 Å². The van der Waals surface area contributed by atoms with Crippen LogP contribution in [0.2, 0.25) is 0 Å². The fraction of sp³-hybridized carbons (Fsp3) is 0.368. The first kappa shape index (κ1) is 16.2. The first-order valence-electron chi connectivity index (χ1n) is 8.06. The molecule has 0 saturated carbocycles. The number of piperazine rings is 1. The summed E-state index contributed by atoms with van der Waals surface area (Å²) in [7, 11) is 1.70. The Kier molecular flexibility index (Phi) is 6.13. The van der Waals surface area contributed by atoms with Crippen molar-refractivity contribution in [2.24, 2.45) is 0 Å². The molecule has 0 bridgehead atoms. The maximum atomic E-state index is 5.20. The Hall–Kier alpha value is -2.16. The molecule has 3 heteroatoms. The van der Waals surface area contributed by atoms with Crippen molar-refractivity contribution >= 4 is 11.4 Å². The van der Waals surface area contributed by atoms with Crippen molar-refractivity contribution in [3.05, 3.63) is 54.6 Å². The van der Waals surface area contributed by atoms with E-state index in [1.807, 2.05) is 26.0 Å². The second kappa shape index (κ2) is 8.32. The van der Waals surface area contributed by atoms with Crippen LogP contribution in [0.5, 0.6) is 5.75 Å². The molecule has 1 aliphatic rings. The van der Waals surface area contributed by atoms with Crippen molar-refractivity contribution in [3.63, 3.8) is 0 Å². The third-order valence-electron chi connectivity index (χ3n) is 3.84. The molecule has 0 unspecified atom stereocenters. The molecule has 0 aromatic heterocycles. The van der Waals surface area contributed by atoms with Gasteiger partial charge in [-0.25, -0.2) is 0 Å². The lowest BCUT2D eigenvalue weighted by molar-refractivity contribution is 0.415. The highest BCUT2D eigenvalue weighted by atomic mass is 16.5. The number of anilines is 2. The topological polar surface area (TPSA) is 15.7 Å². The van der Waals surface area contributed by atoms with Gasteiger partial charge in [-0.05, 0) is 36.4 Å². The molecule has 1 heterocycles. The molecule has 1 saturated heterocycles. The molecular formula is C19H26N2O. The lowest BCUT2D eigenvalue weighted by Gasteiger charge is -2.37. The number of ether oxygens (including phenoxy) is 1. The number of benzene rings is 2. The Morgan fingerprint density at radius 3 is 1.59 bits per heavy atom. The van der Waals surface area contributed by atoms with E-state index < -0.39 is 0 Å². The first-order valence-corrected chi connectivity index (χ1v) is 8.06. The molecule has 0 N–H and O–H groups in total. The van der Waals surface area contributed by atoms with Gasteiger partial charge in [-0.3, -0.25) is 0 Å². The molecule has 0 radical (unpaired) electrons. The number of nitrogens with zero attached hydrogens (tertiary/aromatic N) is 2. The van der Waals surface area contributed by atoms with Crippen LogP contribution in [-0.4, -0.2) is 33.3 Å². The van der Waals surface area contributed by atoms with E-state index in [0.717, 1.165) is 31.9 Å². The van der Waals surface area contributed by atoms with E-state index in [4.69, 9.17) is 4.74 Å². The summed E-state index contributed by atoms with van der Waals surface area (Å²) in [4.78, 5) is 4.87. The van der Waals surface area contributed by atoms with Crippen molar-refractivity contribution in [1.29, 1.82) is 0 Å². The standard InChI is InChI=1S/C17H20N2O.C2H6/c1-20-17-9-7-16(8-10-17)19-13-11-18(12-14-19)15-5-3-2-4-6-15;1-2/h2-10H,11-14H2,1H3;1-2H3. The number of rotatable bonds is 3. The summed E-state index contributed by atoms with van der Waals surface area (Å²) < 4.78 is 5.20. The van der Waals surface area contributed by atoms with Gasteiger partial charge in [0.25, 0.3) is 0 Å². The highest BCUT2D eigenvalue weighted by Crippen LogP contribution is 2.22. The van der Waals surface area contributed by atoms with Crippen LogP contribution in [0, 0.1) is 0 Å².